The average Bonchev–Trinajstić information content (AvgIpc) is 2.66. The monoisotopic (exact) mass is 393 g/mol. The Morgan fingerprint density at radius 2 is 1.63 bits per heavy atom. The summed E-state index contributed by atoms with van der Waals surface area (Å²) in [6, 6.07) is 6.62. The van der Waals surface area contributed by atoms with Crippen molar-refractivity contribution in [3.05, 3.63) is 24.3 Å². The van der Waals surface area contributed by atoms with Crippen molar-refractivity contribution in [1.29, 1.82) is 0 Å². The van der Waals surface area contributed by atoms with E-state index in [2.05, 4.69) is 10.6 Å². The van der Waals surface area contributed by atoms with Crippen LogP contribution in [-0.4, -0.2) is 48.8 Å². The molecule has 3 amide bonds. The molecule has 1 spiro atoms. The van der Waals surface area contributed by atoms with Gasteiger partial charge in [0, 0.05) is 30.9 Å². The standard InChI is InChI=1S/C19H27N3O4S/c1-2-17(23)20-15-6-8-16(9-7-15)21-18(24)22-12-13-27(25,26)19(14-22)10-4-3-5-11-19/h6-9H,2-5,10-14H2,1H3,(H,20,23)(H,21,24). The fourth-order valence-electron chi connectivity index (χ4n) is 3.90. The van der Waals surface area contributed by atoms with E-state index in [-0.39, 0.29) is 30.8 Å². The van der Waals surface area contributed by atoms with Gasteiger partial charge in [-0.25, -0.2) is 13.2 Å². The minimum Gasteiger partial charge on any atom is -0.326 e. The first-order valence-corrected chi connectivity index (χ1v) is 11.2. The van der Waals surface area contributed by atoms with Crippen LogP contribution < -0.4 is 10.6 Å². The van der Waals surface area contributed by atoms with Gasteiger partial charge in [0.05, 0.1) is 10.5 Å². The van der Waals surface area contributed by atoms with Gasteiger partial charge in [0.2, 0.25) is 5.91 Å². The van der Waals surface area contributed by atoms with Gasteiger partial charge in [0.25, 0.3) is 0 Å². The Morgan fingerprint density at radius 1 is 1.04 bits per heavy atom. The number of urea groups is 1. The predicted octanol–water partition coefficient (Wildman–Crippen LogP) is 3.00. The lowest BCUT2D eigenvalue weighted by atomic mass is 9.87. The highest BCUT2D eigenvalue weighted by Gasteiger charge is 2.49. The summed E-state index contributed by atoms with van der Waals surface area (Å²) in [6.45, 7) is 2.27. The number of hydrogen-bond acceptors (Lipinski definition) is 4. The van der Waals surface area contributed by atoms with E-state index in [1.807, 2.05) is 0 Å². The number of amides is 3. The van der Waals surface area contributed by atoms with E-state index < -0.39 is 14.6 Å². The van der Waals surface area contributed by atoms with Gasteiger partial charge in [-0.2, -0.15) is 0 Å². The SMILES string of the molecule is CCC(=O)Nc1ccc(NC(=O)N2CCS(=O)(=O)C3(CCCCC3)C2)cc1. The summed E-state index contributed by atoms with van der Waals surface area (Å²) in [7, 11) is -3.17. The average molecular weight is 394 g/mol. The first kappa shape index (κ1) is 19.7. The maximum absolute atomic E-state index is 12.7. The third-order valence-electron chi connectivity index (χ3n) is 5.56. The maximum atomic E-state index is 12.7. The van der Waals surface area contributed by atoms with Gasteiger partial charge < -0.3 is 15.5 Å². The molecule has 3 rings (SSSR count). The van der Waals surface area contributed by atoms with E-state index in [1.165, 1.54) is 0 Å². The molecule has 8 heteroatoms. The van der Waals surface area contributed by atoms with Crippen LogP contribution in [0.4, 0.5) is 16.2 Å². The molecule has 7 nitrogen and oxygen atoms in total. The van der Waals surface area contributed by atoms with Crippen LogP contribution in [0, 0.1) is 0 Å². The number of anilines is 2. The van der Waals surface area contributed by atoms with Crippen LogP contribution in [0.15, 0.2) is 24.3 Å². The fraction of sp³-hybridized carbons (Fsp3) is 0.579. The number of hydrogen-bond donors (Lipinski definition) is 2. The smallest absolute Gasteiger partial charge is 0.321 e. The number of benzene rings is 1. The molecule has 27 heavy (non-hydrogen) atoms. The van der Waals surface area contributed by atoms with Crippen LogP contribution in [-0.2, 0) is 14.6 Å². The summed E-state index contributed by atoms with van der Waals surface area (Å²) in [6.07, 6.45) is 4.55. The van der Waals surface area contributed by atoms with E-state index in [9.17, 15) is 18.0 Å². The summed E-state index contributed by atoms with van der Waals surface area (Å²) >= 11 is 0. The number of sulfone groups is 1. The number of carbonyl (C=O) groups is 2. The Labute approximate surface area is 160 Å². The van der Waals surface area contributed by atoms with E-state index in [0.29, 0.717) is 30.6 Å². The topological polar surface area (TPSA) is 95.6 Å². The molecule has 148 valence electrons. The van der Waals surface area contributed by atoms with Crippen molar-refractivity contribution in [2.45, 2.75) is 50.2 Å². The molecule has 1 saturated carbocycles. The van der Waals surface area contributed by atoms with Crippen molar-refractivity contribution in [3.63, 3.8) is 0 Å². The number of carbonyl (C=O) groups excluding carboxylic acids is 2. The molecule has 2 fully saturated rings. The minimum atomic E-state index is -3.17. The highest BCUT2D eigenvalue weighted by molar-refractivity contribution is 7.92. The summed E-state index contributed by atoms with van der Waals surface area (Å²) in [5.41, 5.74) is 1.28. The van der Waals surface area contributed by atoms with E-state index in [4.69, 9.17) is 0 Å². The van der Waals surface area contributed by atoms with E-state index >= 15 is 0 Å². The predicted molar refractivity (Wildman–Crippen MR) is 106 cm³/mol. The van der Waals surface area contributed by atoms with Crippen LogP contribution in [0.5, 0.6) is 0 Å². The Balaban J connectivity index is 1.65. The fourth-order valence-corrected chi connectivity index (χ4v) is 6.06. The second kappa shape index (κ2) is 7.88. The lowest BCUT2D eigenvalue weighted by Crippen LogP contribution is -2.59. The molecule has 2 N–H and O–H groups in total. The Bertz CT molecular complexity index is 799. The van der Waals surface area contributed by atoms with Crippen molar-refractivity contribution < 1.29 is 18.0 Å². The third-order valence-corrected chi connectivity index (χ3v) is 8.14. The molecule has 2 aliphatic rings. The Morgan fingerprint density at radius 3 is 2.22 bits per heavy atom. The molecule has 0 atom stereocenters. The molecule has 1 heterocycles. The maximum Gasteiger partial charge on any atom is 0.321 e. The molecule has 0 bridgehead atoms. The third kappa shape index (κ3) is 4.26. The summed E-state index contributed by atoms with van der Waals surface area (Å²) in [5.74, 6) is -0.0401. The molecular weight excluding hydrogens is 366 g/mol. The summed E-state index contributed by atoms with van der Waals surface area (Å²) in [4.78, 5) is 25.7. The molecule has 1 aliphatic heterocycles. The van der Waals surface area contributed by atoms with Gasteiger partial charge >= 0.3 is 6.03 Å². The summed E-state index contributed by atoms with van der Waals surface area (Å²) < 4.78 is 24.5. The van der Waals surface area contributed by atoms with Gasteiger partial charge in [-0.1, -0.05) is 26.2 Å². The zero-order valence-electron chi connectivity index (χ0n) is 15.7. The Kier molecular flexibility index (Phi) is 5.74. The van der Waals surface area contributed by atoms with Crippen molar-refractivity contribution in [2.75, 3.05) is 29.5 Å². The molecule has 0 unspecified atom stereocenters. The Hall–Kier alpha value is -2.09. The van der Waals surface area contributed by atoms with E-state index in [1.54, 1.807) is 36.1 Å². The lowest BCUT2D eigenvalue weighted by molar-refractivity contribution is -0.115. The molecule has 1 saturated heterocycles. The minimum absolute atomic E-state index is 0.0302. The van der Waals surface area contributed by atoms with Crippen LogP contribution in [0.3, 0.4) is 0 Å². The second-order valence-corrected chi connectivity index (χ2v) is 9.90. The largest absolute Gasteiger partial charge is 0.326 e. The number of nitrogens with zero attached hydrogens (tertiary/aromatic N) is 1. The molecule has 1 aliphatic carbocycles. The number of nitrogens with one attached hydrogen (secondary N) is 2. The van der Waals surface area contributed by atoms with Crippen molar-refractivity contribution in [1.82, 2.24) is 4.90 Å². The van der Waals surface area contributed by atoms with Crippen LogP contribution in [0.25, 0.3) is 0 Å². The quantitative estimate of drug-likeness (QED) is 0.825. The van der Waals surface area contributed by atoms with Gasteiger partial charge in [0.1, 0.15) is 0 Å². The second-order valence-electron chi connectivity index (χ2n) is 7.39. The van der Waals surface area contributed by atoms with Gasteiger partial charge in [-0.3, -0.25) is 4.79 Å². The molecular formula is C19H27N3O4S. The first-order chi connectivity index (χ1) is 12.9. The van der Waals surface area contributed by atoms with Crippen molar-refractivity contribution >= 4 is 33.2 Å². The zero-order chi connectivity index (χ0) is 19.5. The first-order valence-electron chi connectivity index (χ1n) is 9.53. The van der Waals surface area contributed by atoms with Crippen LogP contribution in [0.2, 0.25) is 0 Å². The van der Waals surface area contributed by atoms with Crippen molar-refractivity contribution in [3.8, 4) is 0 Å². The van der Waals surface area contributed by atoms with Gasteiger partial charge in [-0.05, 0) is 37.1 Å². The lowest BCUT2D eigenvalue weighted by Gasteiger charge is -2.44. The van der Waals surface area contributed by atoms with Crippen molar-refractivity contribution in [2.24, 2.45) is 0 Å². The van der Waals surface area contributed by atoms with Gasteiger partial charge in [0.15, 0.2) is 9.84 Å². The van der Waals surface area contributed by atoms with Crippen LogP contribution in [0.1, 0.15) is 45.4 Å². The van der Waals surface area contributed by atoms with Gasteiger partial charge in [-0.15, -0.1) is 0 Å². The highest BCUT2D eigenvalue weighted by atomic mass is 32.2. The summed E-state index contributed by atoms with van der Waals surface area (Å²) in [5, 5.41) is 5.59. The molecule has 1 aromatic carbocycles. The molecule has 1 aromatic rings. The molecule has 0 radical (unpaired) electrons. The zero-order valence-corrected chi connectivity index (χ0v) is 16.5. The van der Waals surface area contributed by atoms with Crippen LogP contribution >= 0.6 is 0 Å². The number of rotatable bonds is 3. The molecule has 0 aromatic heterocycles. The highest BCUT2D eigenvalue weighted by Crippen LogP contribution is 2.38. The van der Waals surface area contributed by atoms with E-state index in [0.717, 1.165) is 19.3 Å². The normalized spacial score (nSPS) is 20.9.